The predicted octanol–water partition coefficient (Wildman–Crippen LogP) is 3.24. The van der Waals surface area contributed by atoms with Gasteiger partial charge in [0.25, 0.3) is 0 Å². The Bertz CT molecular complexity index is 391. The van der Waals surface area contributed by atoms with Crippen molar-refractivity contribution in [2.45, 2.75) is 45.7 Å². The van der Waals surface area contributed by atoms with Crippen LogP contribution in [-0.4, -0.2) is 36.6 Å². The van der Waals surface area contributed by atoms with Gasteiger partial charge in [0.2, 0.25) is 0 Å². The number of likely N-dealkylation sites (N-methyl/N-ethyl adjacent to an activating group) is 1. The first-order valence-electron chi connectivity index (χ1n) is 7.49. The second kappa shape index (κ2) is 8.32. The average molecular weight is 281 g/mol. The second-order valence-corrected chi connectivity index (χ2v) is 5.67. The van der Waals surface area contributed by atoms with Crippen molar-refractivity contribution in [2.75, 3.05) is 20.6 Å². The number of nitrogens with one attached hydrogen (secondary N) is 1. The Hall–Kier alpha value is -1.00. The van der Waals surface area contributed by atoms with Crippen molar-refractivity contribution < 1.29 is 4.39 Å². The molecule has 1 aromatic heterocycles. The summed E-state index contributed by atoms with van der Waals surface area (Å²) in [5.74, 6) is 0.399. The van der Waals surface area contributed by atoms with E-state index < -0.39 is 0 Å². The summed E-state index contributed by atoms with van der Waals surface area (Å²) >= 11 is 0. The van der Waals surface area contributed by atoms with Crippen LogP contribution in [0.4, 0.5) is 4.39 Å². The summed E-state index contributed by atoms with van der Waals surface area (Å²) in [4.78, 5) is 6.19. The largest absolute Gasteiger partial charge is 0.309 e. The van der Waals surface area contributed by atoms with E-state index in [2.05, 4.69) is 50.1 Å². The predicted molar refractivity (Wildman–Crippen MR) is 82.2 cm³/mol. The molecule has 0 aliphatic rings. The molecule has 20 heavy (non-hydrogen) atoms. The molecule has 114 valence electrons. The quantitative estimate of drug-likeness (QED) is 0.793. The summed E-state index contributed by atoms with van der Waals surface area (Å²) in [6, 6.07) is 2.15. The maximum absolute atomic E-state index is 13.2. The van der Waals surface area contributed by atoms with Crippen LogP contribution in [0.5, 0.6) is 0 Å². The van der Waals surface area contributed by atoms with Crippen molar-refractivity contribution in [3.05, 3.63) is 29.8 Å². The van der Waals surface area contributed by atoms with E-state index in [0.717, 1.165) is 12.1 Å². The zero-order chi connectivity index (χ0) is 15.1. The Morgan fingerprint density at radius 1 is 1.25 bits per heavy atom. The number of pyridine rings is 1. The highest BCUT2D eigenvalue weighted by molar-refractivity contribution is 5.14. The molecule has 1 heterocycles. The third-order valence-electron chi connectivity index (χ3n) is 4.12. The normalized spacial score (nSPS) is 14.8. The molecule has 0 saturated carbocycles. The van der Waals surface area contributed by atoms with Gasteiger partial charge >= 0.3 is 0 Å². The molecule has 4 heteroatoms. The van der Waals surface area contributed by atoms with E-state index >= 15 is 0 Å². The van der Waals surface area contributed by atoms with E-state index in [1.54, 1.807) is 12.3 Å². The van der Waals surface area contributed by atoms with Gasteiger partial charge in [-0.3, -0.25) is 4.98 Å². The lowest BCUT2D eigenvalue weighted by atomic mass is 9.93. The van der Waals surface area contributed by atoms with E-state index in [1.807, 2.05) is 0 Å². The molecule has 1 N–H and O–H groups in total. The van der Waals surface area contributed by atoms with Crippen molar-refractivity contribution in [3.8, 4) is 0 Å². The first-order chi connectivity index (χ1) is 9.49. The van der Waals surface area contributed by atoms with Crippen molar-refractivity contribution in [2.24, 2.45) is 5.92 Å². The number of rotatable bonds is 8. The molecule has 0 saturated heterocycles. The molecule has 0 aromatic carbocycles. The van der Waals surface area contributed by atoms with Gasteiger partial charge in [0.05, 0.1) is 6.20 Å². The van der Waals surface area contributed by atoms with Gasteiger partial charge in [-0.1, -0.05) is 26.7 Å². The van der Waals surface area contributed by atoms with Crippen LogP contribution in [-0.2, 0) is 0 Å². The maximum atomic E-state index is 13.2. The molecule has 0 amide bonds. The van der Waals surface area contributed by atoms with Crippen molar-refractivity contribution >= 4 is 0 Å². The second-order valence-electron chi connectivity index (χ2n) is 5.67. The minimum absolute atomic E-state index is 0.106. The highest BCUT2D eigenvalue weighted by Crippen LogP contribution is 2.18. The Morgan fingerprint density at radius 3 is 2.40 bits per heavy atom. The summed E-state index contributed by atoms with van der Waals surface area (Å²) in [5, 5.41) is 3.51. The molecular weight excluding hydrogens is 253 g/mol. The van der Waals surface area contributed by atoms with Crippen LogP contribution in [0, 0.1) is 11.7 Å². The number of nitrogens with zero attached hydrogens (tertiary/aromatic N) is 2. The molecule has 2 unspecified atom stereocenters. The van der Waals surface area contributed by atoms with Gasteiger partial charge in [0, 0.05) is 24.8 Å². The first kappa shape index (κ1) is 17.1. The minimum Gasteiger partial charge on any atom is -0.309 e. The summed E-state index contributed by atoms with van der Waals surface area (Å²) in [5.41, 5.74) is 0.895. The summed E-state index contributed by atoms with van der Waals surface area (Å²) in [7, 11) is 4.25. The van der Waals surface area contributed by atoms with Crippen molar-refractivity contribution in [3.63, 3.8) is 0 Å². The molecule has 0 radical (unpaired) electrons. The first-order valence-corrected chi connectivity index (χ1v) is 7.49. The zero-order valence-corrected chi connectivity index (χ0v) is 13.4. The number of aromatic nitrogens is 1. The standard InChI is InChI=1S/C16H28FN3/c1-6-13(7-2)16(20(4)5)11-19-12(3)14-8-15(17)10-18-9-14/h8-10,12-13,16,19H,6-7,11H2,1-5H3. The molecule has 0 aliphatic heterocycles. The molecule has 0 spiro atoms. The fourth-order valence-electron chi connectivity index (χ4n) is 2.68. The van der Waals surface area contributed by atoms with Gasteiger partial charge in [0.1, 0.15) is 5.82 Å². The van der Waals surface area contributed by atoms with Crippen LogP contribution in [0.3, 0.4) is 0 Å². The van der Waals surface area contributed by atoms with Gasteiger partial charge in [-0.05, 0) is 38.6 Å². The molecule has 0 bridgehead atoms. The van der Waals surface area contributed by atoms with E-state index in [0.29, 0.717) is 12.0 Å². The zero-order valence-electron chi connectivity index (χ0n) is 13.4. The Morgan fingerprint density at radius 2 is 1.90 bits per heavy atom. The van der Waals surface area contributed by atoms with Crippen LogP contribution in [0.25, 0.3) is 0 Å². The fourth-order valence-corrected chi connectivity index (χ4v) is 2.68. The van der Waals surface area contributed by atoms with Crippen LogP contribution >= 0.6 is 0 Å². The SMILES string of the molecule is CCC(CC)C(CNC(C)c1cncc(F)c1)N(C)C. The molecule has 1 rings (SSSR count). The summed E-state index contributed by atoms with van der Waals surface area (Å²) in [6.07, 6.45) is 5.32. The smallest absolute Gasteiger partial charge is 0.141 e. The number of hydrogen-bond donors (Lipinski definition) is 1. The van der Waals surface area contributed by atoms with Crippen LogP contribution in [0.15, 0.2) is 18.5 Å². The highest BCUT2D eigenvalue weighted by Gasteiger charge is 2.21. The Balaban J connectivity index is 2.63. The topological polar surface area (TPSA) is 28.2 Å². The third-order valence-corrected chi connectivity index (χ3v) is 4.12. The maximum Gasteiger partial charge on any atom is 0.141 e. The lowest BCUT2D eigenvalue weighted by Gasteiger charge is -2.32. The lowest BCUT2D eigenvalue weighted by Crippen LogP contribution is -2.43. The number of hydrogen-bond acceptors (Lipinski definition) is 3. The van der Waals surface area contributed by atoms with Gasteiger partial charge in [-0.25, -0.2) is 4.39 Å². The minimum atomic E-state index is -0.277. The Kier molecular flexibility index (Phi) is 7.10. The lowest BCUT2D eigenvalue weighted by molar-refractivity contribution is 0.190. The number of halogens is 1. The van der Waals surface area contributed by atoms with E-state index in [-0.39, 0.29) is 11.9 Å². The van der Waals surface area contributed by atoms with Crippen LogP contribution in [0.2, 0.25) is 0 Å². The van der Waals surface area contributed by atoms with Crippen molar-refractivity contribution in [1.29, 1.82) is 0 Å². The third kappa shape index (κ3) is 4.84. The molecule has 0 aliphatic carbocycles. The highest BCUT2D eigenvalue weighted by atomic mass is 19.1. The summed E-state index contributed by atoms with van der Waals surface area (Å²) in [6.45, 7) is 7.43. The average Bonchev–Trinajstić information content (AvgIpc) is 2.42. The van der Waals surface area contributed by atoms with E-state index in [9.17, 15) is 4.39 Å². The summed E-state index contributed by atoms with van der Waals surface area (Å²) < 4.78 is 13.2. The fraction of sp³-hybridized carbons (Fsp3) is 0.688. The molecule has 2 atom stereocenters. The van der Waals surface area contributed by atoms with Gasteiger partial charge in [-0.2, -0.15) is 0 Å². The molecular formula is C16H28FN3. The van der Waals surface area contributed by atoms with Gasteiger partial charge in [-0.15, -0.1) is 0 Å². The van der Waals surface area contributed by atoms with Gasteiger partial charge < -0.3 is 10.2 Å². The molecule has 1 aromatic rings. The van der Waals surface area contributed by atoms with E-state index in [1.165, 1.54) is 19.0 Å². The molecule has 0 fully saturated rings. The van der Waals surface area contributed by atoms with Crippen molar-refractivity contribution in [1.82, 2.24) is 15.2 Å². The monoisotopic (exact) mass is 281 g/mol. The van der Waals surface area contributed by atoms with Crippen LogP contribution in [0.1, 0.15) is 45.2 Å². The Labute approximate surface area is 122 Å². The molecule has 3 nitrogen and oxygen atoms in total. The van der Waals surface area contributed by atoms with Gasteiger partial charge in [0.15, 0.2) is 0 Å². The van der Waals surface area contributed by atoms with E-state index in [4.69, 9.17) is 0 Å². The van der Waals surface area contributed by atoms with Crippen LogP contribution < -0.4 is 5.32 Å².